The molecule has 0 atom stereocenters. The molecule has 0 fully saturated rings. The third-order valence-corrected chi connectivity index (χ3v) is 2.92. The molecule has 18 heavy (non-hydrogen) atoms. The number of hydrogen-bond acceptors (Lipinski definition) is 3. The van der Waals surface area contributed by atoms with Crippen LogP contribution in [0.25, 0.3) is 0 Å². The van der Waals surface area contributed by atoms with E-state index in [1.54, 1.807) is 6.92 Å². The highest BCUT2D eigenvalue weighted by atomic mass is 16.5. The zero-order valence-corrected chi connectivity index (χ0v) is 10.5. The van der Waals surface area contributed by atoms with Gasteiger partial charge in [0.05, 0.1) is 6.61 Å². The fraction of sp³-hybridized carbons (Fsp3) is 0.429. The van der Waals surface area contributed by atoms with Crippen molar-refractivity contribution in [3.63, 3.8) is 0 Å². The Morgan fingerprint density at radius 2 is 2.22 bits per heavy atom. The molecule has 0 bridgehead atoms. The van der Waals surface area contributed by atoms with Crippen LogP contribution in [0.2, 0.25) is 0 Å². The van der Waals surface area contributed by atoms with Crippen molar-refractivity contribution in [2.75, 3.05) is 11.9 Å². The predicted octanol–water partition coefficient (Wildman–Crippen LogP) is 2.32. The van der Waals surface area contributed by atoms with E-state index in [9.17, 15) is 9.59 Å². The quantitative estimate of drug-likeness (QED) is 0.812. The Balaban J connectivity index is 1.92. The lowest BCUT2D eigenvalue weighted by molar-refractivity contribution is -0.117. The number of carbonyl (C=O) groups is 2. The average molecular weight is 247 g/mol. The Morgan fingerprint density at radius 1 is 1.39 bits per heavy atom. The van der Waals surface area contributed by atoms with Crippen LogP contribution in [0.15, 0.2) is 18.2 Å². The standard InChI is InChI=1S/C14H17NO3/c1-10(16)3-2-8-18-12-6-4-11-5-7-14(17)15-13(11)9-12/h4,6,9H,2-3,5,7-8H2,1H3,(H,15,17). The van der Waals surface area contributed by atoms with Gasteiger partial charge >= 0.3 is 0 Å². The van der Waals surface area contributed by atoms with Crippen LogP contribution in [0.5, 0.6) is 5.75 Å². The minimum absolute atomic E-state index is 0.0521. The maximum atomic E-state index is 11.3. The third-order valence-electron chi connectivity index (χ3n) is 2.92. The number of ketones is 1. The van der Waals surface area contributed by atoms with Gasteiger partial charge in [-0.25, -0.2) is 0 Å². The second-order valence-corrected chi connectivity index (χ2v) is 4.52. The Kier molecular flexibility index (Phi) is 3.97. The minimum atomic E-state index is 0.0521. The third kappa shape index (κ3) is 3.32. The lowest BCUT2D eigenvalue weighted by Crippen LogP contribution is -2.18. The molecule has 1 heterocycles. The fourth-order valence-electron chi connectivity index (χ4n) is 1.95. The van der Waals surface area contributed by atoms with Crippen LogP contribution in [-0.2, 0) is 16.0 Å². The molecule has 4 nitrogen and oxygen atoms in total. The molecule has 1 aromatic carbocycles. The number of rotatable bonds is 5. The zero-order chi connectivity index (χ0) is 13.0. The summed E-state index contributed by atoms with van der Waals surface area (Å²) in [5.74, 6) is 0.965. The van der Waals surface area contributed by atoms with Gasteiger partial charge in [0.1, 0.15) is 11.5 Å². The lowest BCUT2D eigenvalue weighted by atomic mass is 10.0. The molecular weight excluding hydrogens is 230 g/mol. The van der Waals surface area contributed by atoms with E-state index in [1.165, 1.54) is 0 Å². The first-order valence-corrected chi connectivity index (χ1v) is 6.20. The van der Waals surface area contributed by atoms with Crippen molar-refractivity contribution in [3.8, 4) is 5.75 Å². The molecule has 1 aliphatic heterocycles. The normalized spacial score (nSPS) is 13.7. The summed E-state index contributed by atoms with van der Waals surface area (Å²) in [5.41, 5.74) is 1.99. The number of amides is 1. The van der Waals surface area contributed by atoms with E-state index < -0.39 is 0 Å². The number of carbonyl (C=O) groups excluding carboxylic acids is 2. The number of benzene rings is 1. The molecule has 1 aliphatic rings. The van der Waals surface area contributed by atoms with Gasteiger partial charge in [-0.1, -0.05) is 6.07 Å². The highest BCUT2D eigenvalue weighted by molar-refractivity contribution is 5.94. The van der Waals surface area contributed by atoms with Crippen molar-refractivity contribution in [1.82, 2.24) is 0 Å². The lowest BCUT2D eigenvalue weighted by Gasteiger charge is -2.17. The van der Waals surface area contributed by atoms with Crippen LogP contribution in [0.1, 0.15) is 31.7 Å². The molecule has 0 saturated heterocycles. The molecule has 0 unspecified atom stereocenters. The molecular formula is C14H17NO3. The first kappa shape index (κ1) is 12.6. The van der Waals surface area contributed by atoms with E-state index in [-0.39, 0.29) is 11.7 Å². The maximum absolute atomic E-state index is 11.3. The van der Waals surface area contributed by atoms with Gasteiger partial charge in [-0.05, 0) is 31.4 Å². The topological polar surface area (TPSA) is 55.4 Å². The average Bonchev–Trinajstić information content (AvgIpc) is 2.34. The molecule has 1 aromatic rings. The smallest absolute Gasteiger partial charge is 0.224 e. The number of Topliss-reactive ketones (excluding diaryl/α,β-unsaturated/α-hetero) is 1. The molecule has 96 valence electrons. The van der Waals surface area contributed by atoms with Crippen LogP contribution in [0, 0.1) is 0 Å². The summed E-state index contributed by atoms with van der Waals surface area (Å²) in [6, 6.07) is 5.74. The molecule has 0 saturated carbocycles. The molecule has 2 rings (SSSR count). The Bertz CT molecular complexity index is 468. The summed E-state index contributed by atoms with van der Waals surface area (Å²) in [5, 5.41) is 2.84. The van der Waals surface area contributed by atoms with Crippen molar-refractivity contribution in [3.05, 3.63) is 23.8 Å². The van der Waals surface area contributed by atoms with Crippen LogP contribution in [0.4, 0.5) is 5.69 Å². The number of nitrogens with one attached hydrogen (secondary N) is 1. The summed E-state index contributed by atoms with van der Waals surface area (Å²) >= 11 is 0. The first-order chi connectivity index (χ1) is 8.65. The first-order valence-electron chi connectivity index (χ1n) is 6.20. The van der Waals surface area contributed by atoms with Crippen LogP contribution < -0.4 is 10.1 Å². The van der Waals surface area contributed by atoms with Crippen LogP contribution in [0.3, 0.4) is 0 Å². The van der Waals surface area contributed by atoms with Gasteiger partial charge in [-0.15, -0.1) is 0 Å². The second-order valence-electron chi connectivity index (χ2n) is 4.52. The molecule has 1 N–H and O–H groups in total. The highest BCUT2D eigenvalue weighted by Crippen LogP contribution is 2.27. The zero-order valence-electron chi connectivity index (χ0n) is 10.5. The molecule has 4 heteroatoms. The van der Waals surface area contributed by atoms with Gasteiger partial charge in [-0.3, -0.25) is 4.79 Å². The molecule has 0 aliphatic carbocycles. The Labute approximate surface area is 106 Å². The van der Waals surface area contributed by atoms with Crippen molar-refractivity contribution in [2.45, 2.75) is 32.6 Å². The van der Waals surface area contributed by atoms with Gasteiger partial charge in [0, 0.05) is 24.6 Å². The van der Waals surface area contributed by atoms with E-state index in [0.717, 1.165) is 29.8 Å². The van der Waals surface area contributed by atoms with Gasteiger partial charge in [0.2, 0.25) is 5.91 Å². The summed E-state index contributed by atoms with van der Waals surface area (Å²) in [7, 11) is 0. The van der Waals surface area contributed by atoms with Crippen LogP contribution >= 0.6 is 0 Å². The van der Waals surface area contributed by atoms with Gasteiger partial charge < -0.3 is 14.8 Å². The van der Waals surface area contributed by atoms with Crippen molar-refractivity contribution >= 4 is 17.4 Å². The van der Waals surface area contributed by atoms with Gasteiger partial charge in [-0.2, -0.15) is 0 Å². The second kappa shape index (κ2) is 5.67. The number of anilines is 1. The summed E-state index contributed by atoms with van der Waals surface area (Å²) in [6.45, 7) is 2.10. The monoisotopic (exact) mass is 247 g/mol. The Hall–Kier alpha value is -1.84. The molecule has 0 radical (unpaired) electrons. The van der Waals surface area contributed by atoms with Crippen molar-refractivity contribution in [2.24, 2.45) is 0 Å². The Morgan fingerprint density at radius 3 is 3.00 bits per heavy atom. The van der Waals surface area contributed by atoms with Gasteiger partial charge in [0.15, 0.2) is 0 Å². The number of aryl methyl sites for hydroxylation is 1. The maximum Gasteiger partial charge on any atom is 0.224 e. The van der Waals surface area contributed by atoms with Gasteiger partial charge in [0.25, 0.3) is 0 Å². The van der Waals surface area contributed by atoms with Crippen molar-refractivity contribution < 1.29 is 14.3 Å². The number of ether oxygens (including phenoxy) is 1. The summed E-state index contributed by atoms with van der Waals surface area (Å²) in [6.07, 6.45) is 2.60. The summed E-state index contributed by atoms with van der Waals surface area (Å²) < 4.78 is 5.55. The van der Waals surface area contributed by atoms with Crippen molar-refractivity contribution in [1.29, 1.82) is 0 Å². The molecule has 1 amide bonds. The number of hydrogen-bond donors (Lipinski definition) is 1. The minimum Gasteiger partial charge on any atom is -0.494 e. The number of fused-ring (bicyclic) bond motifs is 1. The van der Waals surface area contributed by atoms with E-state index in [0.29, 0.717) is 19.4 Å². The summed E-state index contributed by atoms with van der Waals surface area (Å²) in [4.78, 5) is 22.1. The molecule has 0 aromatic heterocycles. The van der Waals surface area contributed by atoms with E-state index >= 15 is 0 Å². The van der Waals surface area contributed by atoms with Crippen LogP contribution in [-0.4, -0.2) is 18.3 Å². The highest BCUT2D eigenvalue weighted by Gasteiger charge is 2.14. The van der Waals surface area contributed by atoms with E-state index in [1.807, 2.05) is 18.2 Å². The van der Waals surface area contributed by atoms with E-state index in [4.69, 9.17) is 4.74 Å². The largest absolute Gasteiger partial charge is 0.494 e. The molecule has 0 spiro atoms. The fourth-order valence-corrected chi connectivity index (χ4v) is 1.95. The SMILES string of the molecule is CC(=O)CCCOc1ccc2c(c1)NC(=O)CC2. The predicted molar refractivity (Wildman–Crippen MR) is 68.8 cm³/mol. The van der Waals surface area contributed by atoms with E-state index in [2.05, 4.69) is 5.32 Å².